The molecule has 0 spiro atoms. The molecule has 0 aromatic carbocycles. The Morgan fingerprint density at radius 1 is 1.32 bits per heavy atom. The fraction of sp³-hybridized carbons (Fsp3) is 0.429. The highest BCUT2D eigenvalue weighted by Gasteiger charge is 2.30. The van der Waals surface area contributed by atoms with Crippen molar-refractivity contribution in [3.05, 3.63) is 23.9 Å². The quantitative estimate of drug-likeness (QED) is 0.415. The largest absolute Gasteiger partial charge is 0.370 e. The average molecular weight is 305 g/mol. The summed E-state index contributed by atoms with van der Waals surface area (Å²) in [4.78, 5) is 38.1. The highest BCUT2D eigenvalue weighted by molar-refractivity contribution is 6.05. The van der Waals surface area contributed by atoms with Crippen LogP contribution in [-0.2, 0) is 9.59 Å². The molecule has 1 aliphatic heterocycles. The van der Waals surface area contributed by atoms with Gasteiger partial charge in [0.15, 0.2) is 0 Å². The minimum atomic E-state index is -0.776. The van der Waals surface area contributed by atoms with Gasteiger partial charge in [-0.2, -0.15) is 0 Å². The van der Waals surface area contributed by atoms with Crippen molar-refractivity contribution in [3.63, 3.8) is 0 Å². The van der Waals surface area contributed by atoms with Gasteiger partial charge < -0.3 is 16.0 Å². The number of carbonyl (C=O) groups excluding carboxylic acids is 3. The Morgan fingerprint density at radius 2 is 2.14 bits per heavy atom. The van der Waals surface area contributed by atoms with Crippen molar-refractivity contribution in [2.75, 3.05) is 18.4 Å². The van der Waals surface area contributed by atoms with Crippen molar-refractivity contribution in [3.8, 4) is 0 Å². The van der Waals surface area contributed by atoms with E-state index >= 15 is 0 Å². The molecule has 1 fully saturated rings. The van der Waals surface area contributed by atoms with Gasteiger partial charge in [-0.25, -0.2) is 9.78 Å². The smallest absolute Gasteiger partial charge is 0.322 e. The fourth-order valence-electron chi connectivity index (χ4n) is 1.97. The maximum absolute atomic E-state index is 11.6. The number of aryl methyl sites for hydroxylation is 1. The van der Waals surface area contributed by atoms with E-state index in [1.807, 2.05) is 19.1 Å². The third-order valence-corrected chi connectivity index (χ3v) is 3.14. The summed E-state index contributed by atoms with van der Waals surface area (Å²) in [6.07, 6.45) is 2.46. The van der Waals surface area contributed by atoms with Crippen LogP contribution < -0.4 is 21.3 Å². The number of nitrogens with zero attached hydrogens (tertiary/aromatic N) is 1. The Kier molecular flexibility index (Phi) is 5.29. The number of urea groups is 1. The van der Waals surface area contributed by atoms with Gasteiger partial charge in [0.1, 0.15) is 11.9 Å². The molecular formula is C14H19N5O3. The summed E-state index contributed by atoms with van der Waals surface area (Å²) in [5.74, 6) is 0.0605. The molecule has 0 unspecified atom stereocenters. The number of nitrogens with one attached hydrogen (secondary N) is 4. The lowest BCUT2D eigenvalue weighted by Crippen LogP contribution is -2.36. The van der Waals surface area contributed by atoms with Crippen LogP contribution in [0.4, 0.5) is 10.6 Å². The molecule has 2 rings (SSSR count). The monoisotopic (exact) mass is 305 g/mol. The average Bonchev–Trinajstić information content (AvgIpc) is 2.78. The van der Waals surface area contributed by atoms with Crippen molar-refractivity contribution in [1.82, 2.24) is 20.9 Å². The molecule has 1 aromatic heterocycles. The van der Waals surface area contributed by atoms with E-state index in [0.29, 0.717) is 13.1 Å². The zero-order valence-electron chi connectivity index (χ0n) is 12.3. The molecule has 4 N–H and O–H groups in total. The van der Waals surface area contributed by atoms with Gasteiger partial charge in [0.05, 0.1) is 6.42 Å². The van der Waals surface area contributed by atoms with E-state index in [0.717, 1.165) is 17.8 Å². The van der Waals surface area contributed by atoms with Gasteiger partial charge >= 0.3 is 6.03 Å². The number of imide groups is 1. The van der Waals surface area contributed by atoms with Crippen LogP contribution in [-0.4, -0.2) is 42.0 Å². The van der Waals surface area contributed by atoms with E-state index in [2.05, 4.69) is 26.3 Å². The second-order valence-corrected chi connectivity index (χ2v) is 5.07. The van der Waals surface area contributed by atoms with Crippen LogP contribution in [0, 0.1) is 6.92 Å². The van der Waals surface area contributed by atoms with Crippen molar-refractivity contribution < 1.29 is 14.4 Å². The molecule has 8 heteroatoms. The van der Waals surface area contributed by atoms with Crippen LogP contribution >= 0.6 is 0 Å². The van der Waals surface area contributed by atoms with E-state index in [4.69, 9.17) is 0 Å². The number of rotatable bonds is 7. The normalized spacial score (nSPS) is 16.9. The number of hydrogen-bond acceptors (Lipinski definition) is 5. The molecule has 2 heterocycles. The van der Waals surface area contributed by atoms with Crippen LogP contribution in [0.25, 0.3) is 0 Å². The first-order valence-corrected chi connectivity index (χ1v) is 7.09. The van der Waals surface area contributed by atoms with Crippen LogP contribution in [0.2, 0.25) is 0 Å². The first kappa shape index (κ1) is 15.7. The third-order valence-electron chi connectivity index (χ3n) is 3.14. The topological polar surface area (TPSA) is 112 Å². The van der Waals surface area contributed by atoms with Gasteiger partial charge in [0.2, 0.25) is 5.91 Å². The Hall–Kier alpha value is -2.64. The van der Waals surface area contributed by atoms with Crippen LogP contribution in [0.3, 0.4) is 0 Å². The maximum atomic E-state index is 11.6. The molecule has 0 saturated carbocycles. The summed E-state index contributed by atoms with van der Waals surface area (Å²) in [6, 6.07) is 2.54. The Labute approximate surface area is 128 Å². The zero-order chi connectivity index (χ0) is 15.9. The summed E-state index contributed by atoms with van der Waals surface area (Å²) < 4.78 is 0. The van der Waals surface area contributed by atoms with Crippen molar-refractivity contribution in [2.45, 2.75) is 25.8 Å². The zero-order valence-corrected chi connectivity index (χ0v) is 12.3. The van der Waals surface area contributed by atoms with Gasteiger partial charge in [0.25, 0.3) is 5.91 Å². The number of amides is 4. The lowest BCUT2D eigenvalue weighted by atomic mass is 10.2. The number of hydrogen-bond donors (Lipinski definition) is 4. The van der Waals surface area contributed by atoms with E-state index in [9.17, 15) is 14.4 Å². The Morgan fingerprint density at radius 3 is 2.77 bits per heavy atom. The molecule has 4 amide bonds. The van der Waals surface area contributed by atoms with Crippen molar-refractivity contribution >= 4 is 23.7 Å². The van der Waals surface area contributed by atoms with E-state index in [1.54, 1.807) is 6.20 Å². The van der Waals surface area contributed by atoms with Crippen molar-refractivity contribution in [1.29, 1.82) is 0 Å². The second-order valence-electron chi connectivity index (χ2n) is 5.07. The molecule has 8 nitrogen and oxygen atoms in total. The SMILES string of the molecule is Cc1ccc(NCCCNC(=O)C[C@H]2NC(=O)NC2=O)nc1. The third kappa shape index (κ3) is 4.72. The van der Waals surface area contributed by atoms with Crippen LogP contribution in [0.1, 0.15) is 18.4 Å². The lowest BCUT2D eigenvalue weighted by molar-refractivity contribution is -0.126. The Balaban J connectivity index is 1.58. The van der Waals surface area contributed by atoms with Gasteiger partial charge in [-0.3, -0.25) is 14.9 Å². The Bertz CT molecular complexity index is 558. The summed E-state index contributed by atoms with van der Waals surface area (Å²) in [6.45, 7) is 3.14. The molecule has 1 aliphatic rings. The number of carbonyl (C=O) groups is 3. The maximum Gasteiger partial charge on any atom is 0.322 e. The van der Waals surface area contributed by atoms with Gasteiger partial charge in [0, 0.05) is 19.3 Å². The van der Waals surface area contributed by atoms with Crippen molar-refractivity contribution in [2.24, 2.45) is 0 Å². The molecule has 22 heavy (non-hydrogen) atoms. The molecular weight excluding hydrogens is 286 g/mol. The highest BCUT2D eigenvalue weighted by Crippen LogP contribution is 2.03. The predicted octanol–water partition coefficient (Wildman–Crippen LogP) is -0.0937. The van der Waals surface area contributed by atoms with Gasteiger partial charge in [-0.05, 0) is 25.0 Å². The standard InChI is InChI=1S/C14H19N5O3/c1-9-3-4-11(17-8-9)15-5-2-6-16-12(20)7-10-13(21)19-14(22)18-10/h3-4,8,10H,2,5-7H2,1H3,(H,15,17)(H,16,20)(H2,18,19,21,22)/t10-/m1/s1. The number of pyridine rings is 1. The summed E-state index contributed by atoms with van der Waals surface area (Å²) >= 11 is 0. The first-order valence-electron chi connectivity index (χ1n) is 7.09. The molecule has 118 valence electrons. The molecule has 0 radical (unpaired) electrons. The van der Waals surface area contributed by atoms with E-state index in [1.165, 1.54) is 0 Å². The lowest BCUT2D eigenvalue weighted by Gasteiger charge is -2.09. The summed E-state index contributed by atoms with van der Waals surface area (Å²) in [5, 5.41) is 10.3. The molecule has 0 aliphatic carbocycles. The summed E-state index contributed by atoms with van der Waals surface area (Å²) in [5.41, 5.74) is 1.10. The molecule has 1 atom stereocenters. The predicted molar refractivity (Wildman–Crippen MR) is 80.2 cm³/mol. The minimum absolute atomic E-state index is 0.0511. The molecule has 0 bridgehead atoms. The minimum Gasteiger partial charge on any atom is -0.370 e. The second kappa shape index (κ2) is 7.39. The number of anilines is 1. The van der Waals surface area contributed by atoms with Crippen LogP contribution in [0.15, 0.2) is 18.3 Å². The number of aromatic nitrogens is 1. The van der Waals surface area contributed by atoms with Crippen LogP contribution in [0.5, 0.6) is 0 Å². The first-order chi connectivity index (χ1) is 10.5. The fourth-order valence-corrected chi connectivity index (χ4v) is 1.97. The molecule has 1 saturated heterocycles. The summed E-state index contributed by atoms with van der Waals surface area (Å²) in [7, 11) is 0. The van der Waals surface area contributed by atoms with Gasteiger partial charge in [-0.1, -0.05) is 6.07 Å². The van der Waals surface area contributed by atoms with E-state index in [-0.39, 0.29) is 12.3 Å². The highest BCUT2D eigenvalue weighted by atomic mass is 16.2. The van der Waals surface area contributed by atoms with Gasteiger partial charge in [-0.15, -0.1) is 0 Å². The van der Waals surface area contributed by atoms with E-state index < -0.39 is 18.0 Å². The molecule has 1 aromatic rings.